The van der Waals surface area contributed by atoms with E-state index >= 15 is 0 Å². The molecular formula is C9H12N2O2. The summed E-state index contributed by atoms with van der Waals surface area (Å²) < 4.78 is 4.65. The summed E-state index contributed by atoms with van der Waals surface area (Å²) in [5.41, 5.74) is 0.771. The fourth-order valence-corrected chi connectivity index (χ4v) is 1.32. The van der Waals surface area contributed by atoms with Crippen LogP contribution in [0.2, 0.25) is 0 Å². The van der Waals surface area contributed by atoms with Crippen LogP contribution in [0.5, 0.6) is 0 Å². The lowest BCUT2D eigenvalue weighted by Gasteiger charge is -2.23. The summed E-state index contributed by atoms with van der Waals surface area (Å²) in [6, 6.07) is 1.75. The summed E-state index contributed by atoms with van der Waals surface area (Å²) in [6.45, 7) is 0.478. The highest BCUT2D eigenvalue weighted by Gasteiger charge is 2.24. The third-order valence-electron chi connectivity index (χ3n) is 2.41. The number of aromatic nitrogens is 1. The first-order valence-electron chi connectivity index (χ1n) is 4.53. The Morgan fingerprint density at radius 3 is 3.08 bits per heavy atom. The molecule has 1 aromatic rings. The summed E-state index contributed by atoms with van der Waals surface area (Å²) in [4.78, 5) is 11.4. The standard InChI is InChI=1S/C9H12N2O2/c12-9(7-2-1-3-7)10-6-8-4-5-13-11-8/h4-5,7H,1-3,6H2,(H,10,12). The average molecular weight is 180 g/mol. The Hall–Kier alpha value is -1.32. The van der Waals surface area contributed by atoms with Gasteiger partial charge in [0.1, 0.15) is 12.0 Å². The van der Waals surface area contributed by atoms with Gasteiger partial charge >= 0.3 is 0 Å². The van der Waals surface area contributed by atoms with Gasteiger partial charge in [-0.3, -0.25) is 4.79 Å². The van der Waals surface area contributed by atoms with Gasteiger partial charge in [0.25, 0.3) is 0 Å². The molecule has 1 aromatic heterocycles. The van der Waals surface area contributed by atoms with Crippen molar-refractivity contribution < 1.29 is 9.32 Å². The molecule has 1 N–H and O–H groups in total. The minimum Gasteiger partial charge on any atom is -0.364 e. The Kier molecular flexibility index (Phi) is 2.29. The third kappa shape index (κ3) is 1.88. The second kappa shape index (κ2) is 3.60. The molecule has 4 nitrogen and oxygen atoms in total. The molecule has 0 aliphatic heterocycles. The van der Waals surface area contributed by atoms with Crippen LogP contribution in [0.1, 0.15) is 25.0 Å². The van der Waals surface area contributed by atoms with Crippen molar-refractivity contribution in [2.75, 3.05) is 0 Å². The van der Waals surface area contributed by atoms with Crippen LogP contribution in [0, 0.1) is 5.92 Å². The van der Waals surface area contributed by atoms with Crippen molar-refractivity contribution in [1.29, 1.82) is 0 Å². The van der Waals surface area contributed by atoms with Crippen LogP contribution in [-0.2, 0) is 11.3 Å². The minimum atomic E-state index is 0.147. The molecular weight excluding hydrogens is 168 g/mol. The van der Waals surface area contributed by atoms with E-state index < -0.39 is 0 Å². The molecule has 0 spiro atoms. The van der Waals surface area contributed by atoms with Gasteiger partial charge < -0.3 is 9.84 Å². The average Bonchev–Trinajstić information content (AvgIpc) is 2.49. The Bertz CT molecular complexity index is 278. The Morgan fingerprint density at radius 1 is 1.69 bits per heavy atom. The van der Waals surface area contributed by atoms with E-state index in [0.717, 1.165) is 18.5 Å². The number of carbonyl (C=O) groups is 1. The number of hydrogen-bond acceptors (Lipinski definition) is 3. The van der Waals surface area contributed by atoms with Crippen LogP contribution < -0.4 is 5.32 Å². The van der Waals surface area contributed by atoms with E-state index in [1.54, 1.807) is 6.07 Å². The molecule has 1 aliphatic carbocycles. The summed E-state index contributed by atoms with van der Waals surface area (Å²) in [7, 11) is 0. The highest BCUT2D eigenvalue weighted by molar-refractivity contribution is 5.79. The lowest BCUT2D eigenvalue weighted by Crippen LogP contribution is -2.34. The van der Waals surface area contributed by atoms with E-state index in [2.05, 4.69) is 15.0 Å². The zero-order valence-corrected chi connectivity index (χ0v) is 7.32. The predicted octanol–water partition coefficient (Wildman–Crippen LogP) is 1.09. The second-order valence-corrected chi connectivity index (χ2v) is 3.34. The quantitative estimate of drug-likeness (QED) is 0.757. The molecule has 1 fully saturated rings. The largest absolute Gasteiger partial charge is 0.364 e. The molecule has 0 radical (unpaired) electrons. The first-order valence-corrected chi connectivity index (χ1v) is 4.53. The molecule has 1 amide bonds. The molecule has 4 heteroatoms. The molecule has 0 atom stereocenters. The zero-order valence-electron chi connectivity index (χ0n) is 7.32. The van der Waals surface area contributed by atoms with Gasteiger partial charge in [-0.05, 0) is 12.8 Å². The zero-order chi connectivity index (χ0) is 9.10. The Labute approximate surface area is 76.3 Å². The predicted molar refractivity (Wildman–Crippen MR) is 45.7 cm³/mol. The van der Waals surface area contributed by atoms with Crippen LogP contribution >= 0.6 is 0 Å². The van der Waals surface area contributed by atoms with E-state index in [1.807, 2.05) is 0 Å². The van der Waals surface area contributed by atoms with Crippen LogP contribution in [0.3, 0.4) is 0 Å². The molecule has 2 rings (SSSR count). The number of carbonyl (C=O) groups excluding carboxylic acids is 1. The van der Waals surface area contributed by atoms with Crippen LogP contribution in [-0.4, -0.2) is 11.1 Å². The SMILES string of the molecule is O=C(NCc1ccon1)C1CCC1. The minimum absolute atomic E-state index is 0.147. The molecule has 0 saturated heterocycles. The fourth-order valence-electron chi connectivity index (χ4n) is 1.32. The van der Waals surface area contributed by atoms with Crippen molar-refractivity contribution in [2.24, 2.45) is 5.92 Å². The molecule has 0 bridgehead atoms. The maximum absolute atomic E-state index is 11.4. The second-order valence-electron chi connectivity index (χ2n) is 3.34. The highest BCUT2D eigenvalue weighted by Crippen LogP contribution is 2.26. The van der Waals surface area contributed by atoms with E-state index in [4.69, 9.17) is 0 Å². The lowest BCUT2D eigenvalue weighted by molar-refractivity contribution is -0.127. The first-order chi connectivity index (χ1) is 6.36. The van der Waals surface area contributed by atoms with E-state index in [9.17, 15) is 4.79 Å². The van der Waals surface area contributed by atoms with E-state index in [0.29, 0.717) is 6.54 Å². The number of amides is 1. The van der Waals surface area contributed by atoms with E-state index in [-0.39, 0.29) is 11.8 Å². The molecule has 0 unspecified atom stereocenters. The Balaban J connectivity index is 1.76. The maximum atomic E-state index is 11.4. The van der Waals surface area contributed by atoms with Crippen molar-refractivity contribution in [3.05, 3.63) is 18.0 Å². The summed E-state index contributed by atoms with van der Waals surface area (Å²) in [6.07, 6.45) is 4.75. The van der Waals surface area contributed by atoms with Crippen molar-refractivity contribution in [3.63, 3.8) is 0 Å². The number of nitrogens with zero attached hydrogens (tertiary/aromatic N) is 1. The van der Waals surface area contributed by atoms with Crippen LogP contribution in [0.25, 0.3) is 0 Å². The summed E-state index contributed by atoms with van der Waals surface area (Å²) >= 11 is 0. The van der Waals surface area contributed by atoms with Gasteiger partial charge in [-0.1, -0.05) is 11.6 Å². The van der Waals surface area contributed by atoms with Gasteiger partial charge in [0.15, 0.2) is 0 Å². The van der Waals surface area contributed by atoms with Gasteiger partial charge in [0, 0.05) is 12.0 Å². The molecule has 1 aliphatic rings. The molecule has 13 heavy (non-hydrogen) atoms. The molecule has 70 valence electrons. The number of rotatable bonds is 3. The summed E-state index contributed by atoms with van der Waals surface area (Å²) in [5.74, 6) is 0.390. The fraction of sp³-hybridized carbons (Fsp3) is 0.556. The van der Waals surface area contributed by atoms with Gasteiger partial charge in [0.05, 0.1) is 6.54 Å². The van der Waals surface area contributed by atoms with Crippen molar-refractivity contribution in [1.82, 2.24) is 10.5 Å². The van der Waals surface area contributed by atoms with Gasteiger partial charge in [0.2, 0.25) is 5.91 Å². The highest BCUT2D eigenvalue weighted by atomic mass is 16.5. The summed E-state index contributed by atoms with van der Waals surface area (Å²) in [5, 5.41) is 6.53. The van der Waals surface area contributed by atoms with Gasteiger partial charge in [-0.15, -0.1) is 0 Å². The van der Waals surface area contributed by atoms with Crippen molar-refractivity contribution in [3.8, 4) is 0 Å². The molecule has 1 saturated carbocycles. The van der Waals surface area contributed by atoms with Crippen molar-refractivity contribution >= 4 is 5.91 Å². The van der Waals surface area contributed by atoms with E-state index in [1.165, 1.54) is 12.7 Å². The Morgan fingerprint density at radius 2 is 2.54 bits per heavy atom. The smallest absolute Gasteiger partial charge is 0.223 e. The third-order valence-corrected chi connectivity index (χ3v) is 2.41. The maximum Gasteiger partial charge on any atom is 0.223 e. The van der Waals surface area contributed by atoms with Crippen LogP contribution in [0.4, 0.5) is 0 Å². The van der Waals surface area contributed by atoms with Gasteiger partial charge in [-0.2, -0.15) is 0 Å². The van der Waals surface area contributed by atoms with Gasteiger partial charge in [-0.25, -0.2) is 0 Å². The first kappa shape index (κ1) is 8.29. The normalized spacial score (nSPS) is 16.6. The molecule has 1 heterocycles. The lowest BCUT2D eigenvalue weighted by atomic mass is 9.85. The topological polar surface area (TPSA) is 55.1 Å². The monoisotopic (exact) mass is 180 g/mol. The molecule has 0 aromatic carbocycles. The number of nitrogens with one attached hydrogen (secondary N) is 1. The van der Waals surface area contributed by atoms with Crippen molar-refractivity contribution in [2.45, 2.75) is 25.8 Å². The van der Waals surface area contributed by atoms with Crippen LogP contribution in [0.15, 0.2) is 16.9 Å². The number of hydrogen-bond donors (Lipinski definition) is 1.